The van der Waals surface area contributed by atoms with Crippen molar-refractivity contribution >= 4 is 0 Å². The average molecular weight is 402 g/mol. The number of halogens is 9. The molecule has 10 heteroatoms. The first-order valence-corrected chi connectivity index (χ1v) is 7.49. The van der Waals surface area contributed by atoms with Crippen LogP contribution in [0.4, 0.5) is 39.5 Å². The lowest BCUT2D eigenvalue weighted by Gasteiger charge is -2.20. The van der Waals surface area contributed by atoms with Crippen LogP contribution < -0.4 is 4.74 Å². The van der Waals surface area contributed by atoms with Gasteiger partial charge in [-0.2, -0.15) is 22.0 Å². The molecule has 0 spiro atoms. The van der Waals surface area contributed by atoms with E-state index in [0.29, 0.717) is 12.5 Å². The number of rotatable bonds is 5. The van der Waals surface area contributed by atoms with Gasteiger partial charge in [0.25, 0.3) is 0 Å². The molecule has 0 unspecified atom stereocenters. The Bertz CT molecular complexity index is 820. The first kappa shape index (κ1) is 20.9. The van der Waals surface area contributed by atoms with Crippen molar-refractivity contribution in [1.82, 2.24) is 0 Å². The van der Waals surface area contributed by atoms with Crippen LogP contribution in [0.5, 0.6) is 5.75 Å². The van der Waals surface area contributed by atoms with Crippen molar-refractivity contribution in [2.24, 2.45) is 0 Å². The Morgan fingerprint density at radius 3 is 1.89 bits per heavy atom. The lowest BCUT2D eigenvalue weighted by molar-refractivity contribution is -0.188. The molecule has 0 fully saturated rings. The SMILES string of the molecule is CCCc1ccc(C(F)(F)Oc2cc(F)c(C(F)(F)F)c(F)c2)c(F)c1F. The third-order valence-corrected chi connectivity index (χ3v) is 3.54. The summed E-state index contributed by atoms with van der Waals surface area (Å²) in [6.45, 7) is 1.65. The van der Waals surface area contributed by atoms with E-state index >= 15 is 0 Å². The molecule has 1 nitrogen and oxygen atoms in total. The Morgan fingerprint density at radius 2 is 1.41 bits per heavy atom. The van der Waals surface area contributed by atoms with Gasteiger partial charge in [-0.3, -0.25) is 0 Å². The molecule has 2 rings (SSSR count). The van der Waals surface area contributed by atoms with E-state index in [9.17, 15) is 39.5 Å². The number of hydrogen-bond donors (Lipinski definition) is 0. The van der Waals surface area contributed by atoms with Gasteiger partial charge in [-0.05, 0) is 18.1 Å². The molecule has 0 amide bonds. The van der Waals surface area contributed by atoms with Gasteiger partial charge in [0.2, 0.25) is 0 Å². The van der Waals surface area contributed by atoms with Gasteiger partial charge in [-0.15, -0.1) is 0 Å². The van der Waals surface area contributed by atoms with E-state index in [4.69, 9.17) is 0 Å². The topological polar surface area (TPSA) is 9.23 Å². The Hall–Kier alpha value is -2.39. The van der Waals surface area contributed by atoms with Crippen LogP contribution in [-0.4, -0.2) is 0 Å². The predicted molar refractivity (Wildman–Crippen MR) is 76.2 cm³/mol. The highest BCUT2D eigenvalue weighted by Crippen LogP contribution is 2.39. The normalized spacial score (nSPS) is 12.4. The van der Waals surface area contributed by atoms with Crippen LogP contribution in [-0.2, 0) is 18.7 Å². The standard InChI is InChI=1S/C17H11F9O/c1-2-3-8-4-5-10(15(21)14(8)20)17(25,26)27-9-6-11(18)13(12(19)7-9)16(22,23)24/h4-7H,2-3H2,1H3. The summed E-state index contributed by atoms with van der Waals surface area (Å²) in [7, 11) is 0. The van der Waals surface area contributed by atoms with Gasteiger partial charge in [0.15, 0.2) is 11.6 Å². The largest absolute Gasteiger partial charge is 0.429 e. The molecule has 0 saturated carbocycles. The van der Waals surface area contributed by atoms with Crippen molar-refractivity contribution in [3.8, 4) is 5.75 Å². The maximum absolute atomic E-state index is 14.1. The van der Waals surface area contributed by atoms with Crippen LogP contribution in [0.15, 0.2) is 24.3 Å². The first-order valence-electron chi connectivity index (χ1n) is 7.49. The van der Waals surface area contributed by atoms with E-state index < -0.39 is 52.4 Å². The zero-order valence-electron chi connectivity index (χ0n) is 13.5. The van der Waals surface area contributed by atoms with E-state index in [0.717, 1.165) is 6.07 Å². The van der Waals surface area contributed by atoms with Crippen molar-refractivity contribution in [2.75, 3.05) is 0 Å². The molecule has 0 radical (unpaired) electrons. The molecule has 0 aliphatic rings. The second-order valence-electron chi connectivity index (χ2n) is 5.53. The van der Waals surface area contributed by atoms with E-state index in [1.54, 1.807) is 6.92 Å². The molecular formula is C17H11F9O. The van der Waals surface area contributed by atoms with Gasteiger partial charge in [0.1, 0.15) is 28.5 Å². The second kappa shape index (κ2) is 7.32. The molecular weight excluding hydrogens is 391 g/mol. The van der Waals surface area contributed by atoms with E-state index in [-0.39, 0.29) is 24.1 Å². The Balaban J connectivity index is 2.41. The Labute approximate surface area is 147 Å². The molecule has 0 saturated heterocycles. The van der Waals surface area contributed by atoms with E-state index in [1.165, 1.54) is 0 Å². The van der Waals surface area contributed by atoms with Crippen molar-refractivity contribution in [1.29, 1.82) is 0 Å². The highest BCUT2D eigenvalue weighted by Gasteiger charge is 2.41. The Morgan fingerprint density at radius 1 is 0.852 bits per heavy atom. The third-order valence-electron chi connectivity index (χ3n) is 3.54. The average Bonchev–Trinajstić information content (AvgIpc) is 2.49. The van der Waals surface area contributed by atoms with Gasteiger partial charge in [-0.1, -0.05) is 19.4 Å². The van der Waals surface area contributed by atoms with Crippen LogP contribution in [0.1, 0.15) is 30.0 Å². The van der Waals surface area contributed by atoms with Crippen LogP contribution in [0, 0.1) is 23.3 Å². The van der Waals surface area contributed by atoms with Crippen molar-refractivity contribution in [3.63, 3.8) is 0 Å². The predicted octanol–water partition coefficient (Wildman–Crippen LogP) is 6.34. The van der Waals surface area contributed by atoms with Gasteiger partial charge in [-0.25, -0.2) is 17.6 Å². The summed E-state index contributed by atoms with van der Waals surface area (Å²) in [5.41, 5.74) is -4.03. The summed E-state index contributed by atoms with van der Waals surface area (Å²) in [6, 6.07) is 1.17. The fraction of sp³-hybridized carbons (Fsp3) is 0.294. The molecule has 0 aromatic heterocycles. The molecule has 0 atom stereocenters. The molecule has 0 aliphatic heterocycles. The van der Waals surface area contributed by atoms with Gasteiger partial charge < -0.3 is 4.74 Å². The number of hydrogen-bond acceptors (Lipinski definition) is 1. The van der Waals surface area contributed by atoms with Crippen molar-refractivity contribution in [2.45, 2.75) is 32.1 Å². The lowest BCUT2D eigenvalue weighted by Crippen LogP contribution is -2.25. The van der Waals surface area contributed by atoms with Gasteiger partial charge in [0, 0.05) is 12.1 Å². The second-order valence-corrected chi connectivity index (χ2v) is 5.53. The Kier molecular flexibility index (Phi) is 5.67. The minimum absolute atomic E-state index is 0.0742. The highest BCUT2D eigenvalue weighted by molar-refractivity contribution is 5.34. The van der Waals surface area contributed by atoms with Gasteiger partial charge >= 0.3 is 12.3 Å². The van der Waals surface area contributed by atoms with Crippen LogP contribution >= 0.6 is 0 Å². The van der Waals surface area contributed by atoms with Crippen LogP contribution in [0.2, 0.25) is 0 Å². The summed E-state index contributed by atoms with van der Waals surface area (Å²) >= 11 is 0. The molecule has 0 aliphatic carbocycles. The lowest BCUT2D eigenvalue weighted by atomic mass is 10.1. The summed E-state index contributed by atoms with van der Waals surface area (Å²) in [4.78, 5) is 0. The number of benzene rings is 2. The summed E-state index contributed by atoms with van der Waals surface area (Å²) < 4.78 is 124. The molecule has 148 valence electrons. The van der Waals surface area contributed by atoms with Crippen molar-refractivity contribution < 1.29 is 44.3 Å². The molecule has 0 heterocycles. The molecule has 0 N–H and O–H groups in total. The number of ether oxygens (including phenoxy) is 1. The summed E-state index contributed by atoms with van der Waals surface area (Å²) in [6.07, 6.45) is -9.52. The maximum atomic E-state index is 14.1. The van der Waals surface area contributed by atoms with Gasteiger partial charge in [0.05, 0.1) is 0 Å². The number of alkyl halides is 5. The summed E-state index contributed by atoms with van der Waals surface area (Å²) in [5.74, 6) is -9.20. The molecule has 2 aromatic carbocycles. The minimum Gasteiger partial charge on any atom is -0.429 e. The maximum Gasteiger partial charge on any atom is 0.429 e. The van der Waals surface area contributed by atoms with E-state index in [2.05, 4.69) is 4.74 Å². The number of aryl methyl sites for hydroxylation is 1. The van der Waals surface area contributed by atoms with Crippen LogP contribution in [0.25, 0.3) is 0 Å². The first-order chi connectivity index (χ1) is 12.4. The fourth-order valence-electron chi connectivity index (χ4n) is 2.36. The zero-order chi connectivity index (χ0) is 20.6. The highest BCUT2D eigenvalue weighted by atomic mass is 19.4. The molecule has 27 heavy (non-hydrogen) atoms. The van der Waals surface area contributed by atoms with Crippen molar-refractivity contribution in [3.05, 3.63) is 64.2 Å². The third kappa shape index (κ3) is 4.30. The monoisotopic (exact) mass is 402 g/mol. The zero-order valence-corrected chi connectivity index (χ0v) is 13.5. The van der Waals surface area contributed by atoms with E-state index in [1.807, 2.05) is 0 Å². The minimum atomic E-state index is -5.40. The van der Waals surface area contributed by atoms with Crippen LogP contribution in [0.3, 0.4) is 0 Å². The smallest absolute Gasteiger partial charge is 0.429 e. The molecule has 2 aromatic rings. The molecule has 0 bridgehead atoms. The fourth-order valence-corrected chi connectivity index (χ4v) is 2.36. The quantitative estimate of drug-likeness (QED) is 0.530. The summed E-state index contributed by atoms with van der Waals surface area (Å²) in [5, 5.41) is 0.